The third-order valence-electron chi connectivity index (χ3n) is 3.66. The lowest BCUT2D eigenvalue weighted by Crippen LogP contribution is -1.95. The zero-order valence-electron chi connectivity index (χ0n) is 12.5. The van der Waals surface area contributed by atoms with Crippen molar-refractivity contribution in [3.8, 4) is 22.4 Å². The molecular weight excluding hydrogens is 306 g/mol. The molecule has 3 aromatic rings. The molecule has 2 aromatic carbocycles. The molecule has 0 aliphatic heterocycles. The molecule has 0 atom stereocenters. The Hall–Kier alpha value is -3.47. The highest BCUT2D eigenvalue weighted by Crippen LogP contribution is 2.23. The number of carboxylic acids is 2. The van der Waals surface area contributed by atoms with Crippen LogP contribution in [0.1, 0.15) is 20.7 Å². The van der Waals surface area contributed by atoms with Crippen LogP contribution in [0.25, 0.3) is 22.4 Å². The maximum atomic E-state index is 10.9. The molecule has 0 bridgehead atoms. The maximum absolute atomic E-state index is 10.9. The average Bonchev–Trinajstić information content (AvgIpc) is 2.62. The summed E-state index contributed by atoms with van der Waals surface area (Å²) in [5.41, 5.74) is 3.78. The van der Waals surface area contributed by atoms with Crippen LogP contribution < -0.4 is 0 Å². The van der Waals surface area contributed by atoms with Crippen LogP contribution >= 0.6 is 0 Å². The second-order valence-electron chi connectivity index (χ2n) is 5.20. The Bertz CT molecular complexity index is 806. The van der Waals surface area contributed by atoms with E-state index in [2.05, 4.69) is 4.98 Å². The second-order valence-corrected chi connectivity index (χ2v) is 5.20. The van der Waals surface area contributed by atoms with Crippen molar-refractivity contribution in [2.75, 3.05) is 0 Å². The largest absolute Gasteiger partial charge is 0.478 e. The summed E-state index contributed by atoms with van der Waals surface area (Å²) in [6, 6.07) is 16.8. The van der Waals surface area contributed by atoms with E-state index >= 15 is 0 Å². The first-order valence-corrected chi connectivity index (χ1v) is 7.18. The molecule has 0 aliphatic rings. The number of hydrogen-bond acceptors (Lipinski definition) is 3. The number of rotatable bonds is 4. The van der Waals surface area contributed by atoms with E-state index in [4.69, 9.17) is 10.2 Å². The summed E-state index contributed by atoms with van der Waals surface area (Å²) in [7, 11) is 0. The van der Waals surface area contributed by atoms with Crippen LogP contribution in [0.4, 0.5) is 0 Å². The normalized spacial score (nSPS) is 10.3. The van der Waals surface area contributed by atoms with E-state index in [1.54, 1.807) is 42.6 Å². The molecule has 0 unspecified atom stereocenters. The molecule has 0 saturated carbocycles. The van der Waals surface area contributed by atoms with Gasteiger partial charge in [-0.1, -0.05) is 30.3 Å². The van der Waals surface area contributed by atoms with E-state index in [9.17, 15) is 9.59 Å². The van der Waals surface area contributed by atoms with Gasteiger partial charge in [-0.25, -0.2) is 9.59 Å². The maximum Gasteiger partial charge on any atom is 0.335 e. The smallest absolute Gasteiger partial charge is 0.335 e. The zero-order chi connectivity index (χ0) is 17.1. The molecule has 0 spiro atoms. The fraction of sp³-hybridized carbons (Fsp3) is 0. The van der Waals surface area contributed by atoms with E-state index in [-0.39, 0.29) is 11.1 Å². The van der Waals surface area contributed by atoms with Gasteiger partial charge in [0.25, 0.3) is 0 Å². The molecule has 0 fully saturated rings. The molecule has 118 valence electrons. The summed E-state index contributed by atoms with van der Waals surface area (Å²) >= 11 is 0. The van der Waals surface area contributed by atoms with Gasteiger partial charge in [-0.3, -0.25) is 4.98 Å². The summed E-state index contributed by atoms with van der Waals surface area (Å²) in [6.45, 7) is 0. The van der Waals surface area contributed by atoms with Gasteiger partial charge in [-0.15, -0.1) is 0 Å². The molecule has 24 heavy (non-hydrogen) atoms. The van der Waals surface area contributed by atoms with E-state index in [1.807, 2.05) is 12.1 Å². The predicted molar refractivity (Wildman–Crippen MR) is 89.0 cm³/mol. The van der Waals surface area contributed by atoms with E-state index in [0.717, 1.165) is 22.4 Å². The standard InChI is InChI=1S/C19H13NO4/c21-18(22)14-5-1-12(2-6-14)16-9-10-17(20-11-16)13-3-7-15(8-4-13)19(23)24/h1-11H,(H,21,22)(H,23,24). The lowest BCUT2D eigenvalue weighted by atomic mass is 10.0. The first kappa shape index (κ1) is 15.4. The SMILES string of the molecule is O=C(O)c1ccc(-c2ccc(-c3ccc(C(=O)O)cc3)nc2)cc1. The van der Waals surface area contributed by atoms with Crippen LogP contribution in [0.3, 0.4) is 0 Å². The van der Waals surface area contributed by atoms with Gasteiger partial charge in [0.2, 0.25) is 0 Å². The number of carboxylic acid groups (broad SMARTS) is 2. The summed E-state index contributed by atoms with van der Waals surface area (Å²) in [4.78, 5) is 26.1. The highest BCUT2D eigenvalue weighted by Gasteiger charge is 2.06. The first-order valence-electron chi connectivity index (χ1n) is 7.18. The number of aromatic carboxylic acids is 2. The van der Waals surface area contributed by atoms with Crippen molar-refractivity contribution in [2.24, 2.45) is 0 Å². The number of nitrogens with zero attached hydrogens (tertiary/aromatic N) is 1. The molecule has 3 rings (SSSR count). The topological polar surface area (TPSA) is 87.5 Å². The number of pyridine rings is 1. The zero-order valence-corrected chi connectivity index (χ0v) is 12.5. The average molecular weight is 319 g/mol. The quantitative estimate of drug-likeness (QED) is 0.763. The van der Waals surface area contributed by atoms with Crippen molar-refractivity contribution in [1.82, 2.24) is 4.98 Å². The lowest BCUT2D eigenvalue weighted by Gasteiger charge is -2.05. The molecule has 2 N–H and O–H groups in total. The molecule has 5 heteroatoms. The fourth-order valence-electron chi connectivity index (χ4n) is 2.32. The van der Waals surface area contributed by atoms with Crippen LogP contribution in [0.15, 0.2) is 66.9 Å². The van der Waals surface area contributed by atoms with Crippen LogP contribution in [0, 0.1) is 0 Å². The van der Waals surface area contributed by atoms with Crippen molar-refractivity contribution in [3.63, 3.8) is 0 Å². The minimum absolute atomic E-state index is 0.230. The molecular formula is C19H13NO4. The molecule has 5 nitrogen and oxygen atoms in total. The minimum atomic E-state index is -0.963. The Morgan fingerprint density at radius 2 is 1.08 bits per heavy atom. The van der Waals surface area contributed by atoms with Crippen LogP contribution in [-0.4, -0.2) is 27.1 Å². The molecule has 1 aromatic heterocycles. The number of aromatic nitrogens is 1. The number of benzene rings is 2. The summed E-state index contributed by atoms with van der Waals surface area (Å²) in [5.74, 6) is -1.92. The third kappa shape index (κ3) is 3.15. The number of hydrogen-bond donors (Lipinski definition) is 2. The molecule has 1 heterocycles. The minimum Gasteiger partial charge on any atom is -0.478 e. The van der Waals surface area contributed by atoms with Crippen LogP contribution in [0.5, 0.6) is 0 Å². The predicted octanol–water partition coefficient (Wildman–Crippen LogP) is 3.81. The Balaban J connectivity index is 1.84. The summed E-state index contributed by atoms with van der Waals surface area (Å²) in [6.07, 6.45) is 1.70. The highest BCUT2D eigenvalue weighted by molar-refractivity contribution is 5.89. The Kier molecular flexibility index (Phi) is 4.07. The molecule has 0 saturated heterocycles. The Morgan fingerprint density at radius 1 is 0.625 bits per heavy atom. The summed E-state index contributed by atoms with van der Waals surface area (Å²) in [5, 5.41) is 17.8. The lowest BCUT2D eigenvalue weighted by molar-refractivity contribution is 0.0686. The van der Waals surface area contributed by atoms with Gasteiger partial charge in [0.05, 0.1) is 16.8 Å². The molecule has 0 aliphatic carbocycles. The van der Waals surface area contributed by atoms with Gasteiger partial charge in [-0.05, 0) is 35.9 Å². The number of carbonyl (C=O) groups is 2. The van der Waals surface area contributed by atoms with Crippen molar-refractivity contribution >= 4 is 11.9 Å². The molecule has 0 radical (unpaired) electrons. The highest BCUT2D eigenvalue weighted by atomic mass is 16.4. The van der Waals surface area contributed by atoms with Crippen molar-refractivity contribution in [2.45, 2.75) is 0 Å². The van der Waals surface area contributed by atoms with E-state index in [0.29, 0.717) is 0 Å². The Labute approximate surface area is 137 Å². The fourth-order valence-corrected chi connectivity index (χ4v) is 2.32. The van der Waals surface area contributed by atoms with Gasteiger partial charge < -0.3 is 10.2 Å². The monoisotopic (exact) mass is 319 g/mol. The van der Waals surface area contributed by atoms with Gasteiger partial charge in [0.1, 0.15) is 0 Å². The summed E-state index contributed by atoms with van der Waals surface area (Å²) < 4.78 is 0. The van der Waals surface area contributed by atoms with E-state index < -0.39 is 11.9 Å². The second kappa shape index (κ2) is 6.34. The van der Waals surface area contributed by atoms with Crippen LogP contribution in [-0.2, 0) is 0 Å². The van der Waals surface area contributed by atoms with Crippen molar-refractivity contribution in [3.05, 3.63) is 78.0 Å². The Morgan fingerprint density at radius 3 is 1.50 bits per heavy atom. The first-order chi connectivity index (χ1) is 11.5. The van der Waals surface area contributed by atoms with Gasteiger partial charge in [-0.2, -0.15) is 0 Å². The van der Waals surface area contributed by atoms with Crippen molar-refractivity contribution in [1.29, 1.82) is 0 Å². The molecule has 0 amide bonds. The third-order valence-corrected chi connectivity index (χ3v) is 3.66. The van der Waals surface area contributed by atoms with Crippen molar-refractivity contribution < 1.29 is 19.8 Å². The van der Waals surface area contributed by atoms with E-state index in [1.165, 1.54) is 12.1 Å². The van der Waals surface area contributed by atoms with Gasteiger partial charge in [0, 0.05) is 17.3 Å². The van der Waals surface area contributed by atoms with Gasteiger partial charge >= 0.3 is 11.9 Å². The van der Waals surface area contributed by atoms with Crippen LogP contribution in [0.2, 0.25) is 0 Å². The van der Waals surface area contributed by atoms with Gasteiger partial charge in [0.15, 0.2) is 0 Å².